The van der Waals surface area contributed by atoms with Crippen LogP contribution in [0.15, 0.2) is 72.8 Å². The summed E-state index contributed by atoms with van der Waals surface area (Å²) in [5.74, 6) is -2.19. The van der Waals surface area contributed by atoms with E-state index in [1.807, 2.05) is 37.3 Å². The number of ether oxygens (including phenoxy) is 9. The van der Waals surface area contributed by atoms with Crippen LogP contribution in [0.25, 0.3) is 11.1 Å². The molecule has 24 heteroatoms. The molecule has 434 valence electrons. The Morgan fingerprint density at radius 3 is 1.87 bits per heavy atom. The molecular weight excluding hydrogens is 1050 g/mol. The van der Waals surface area contributed by atoms with Crippen molar-refractivity contribution in [1.82, 2.24) is 21.3 Å². The molecule has 3 aromatic rings. The third-order valence-electron chi connectivity index (χ3n) is 11.7. The molecule has 0 saturated carbocycles. The average Bonchev–Trinajstić information content (AvgIpc) is 3.61. The van der Waals surface area contributed by atoms with Gasteiger partial charge in [0, 0.05) is 62.2 Å². The normalized spacial score (nSPS) is 17.9. The highest BCUT2D eigenvalue weighted by Gasteiger charge is 2.56. The molecule has 0 radical (unpaired) electrons. The smallest absolute Gasteiger partial charge is 0.366 e. The van der Waals surface area contributed by atoms with Crippen molar-refractivity contribution in [3.8, 4) is 16.9 Å². The summed E-state index contributed by atoms with van der Waals surface area (Å²) >= 11 is 3.19. The Morgan fingerprint density at radius 1 is 0.705 bits per heavy atom. The van der Waals surface area contributed by atoms with E-state index in [2.05, 4.69) is 21.3 Å². The van der Waals surface area contributed by atoms with E-state index in [0.29, 0.717) is 102 Å². The zero-order valence-corrected chi connectivity index (χ0v) is 46.5. The van der Waals surface area contributed by atoms with Crippen molar-refractivity contribution in [3.05, 3.63) is 89.5 Å². The highest BCUT2D eigenvalue weighted by Crippen LogP contribution is 2.35. The maximum Gasteiger partial charge on any atom is 0.366 e. The van der Waals surface area contributed by atoms with Crippen LogP contribution in [0.5, 0.6) is 5.75 Å². The van der Waals surface area contributed by atoms with E-state index in [0.717, 1.165) is 29.7 Å². The number of carbonyl (C=O) groups is 5. The van der Waals surface area contributed by atoms with E-state index < -0.39 is 72.9 Å². The topological polar surface area (TPSA) is 303 Å². The van der Waals surface area contributed by atoms with Crippen LogP contribution in [-0.4, -0.2) is 217 Å². The Morgan fingerprint density at radius 2 is 1.27 bits per heavy atom. The first-order valence-corrected chi connectivity index (χ1v) is 28.4. The van der Waals surface area contributed by atoms with Gasteiger partial charge in [-0.15, -0.1) is 0 Å². The number of carbonyl (C=O) groups excluding carboxylic acids is 5. The number of methoxy groups -OCH3 is 1. The summed E-state index contributed by atoms with van der Waals surface area (Å²) in [6, 6.07) is 19.8. The molecule has 22 nitrogen and oxygen atoms in total. The van der Waals surface area contributed by atoms with Gasteiger partial charge in [-0.3, -0.25) is 19.2 Å². The van der Waals surface area contributed by atoms with Crippen LogP contribution in [0.2, 0.25) is 0 Å². The third-order valence-corrected chi connectivity index (χ3v) is 13.6. The molecule has 1 aliphatic rings. The molecule has 0 aromatic heterocycles. The van der Waals surface area contributed by atoms with E-state index in [1.165, 1.54) is 24.8 Å². The largest absolute Gasteiger partial charge is 0.490 e. The standard InChI is InChI=1S/C54H79N5O17S2/c1-4-77-33-18-56-51(65)42-15-16-43(46(35-42)74-31-30-73-29-28-72-27-26-71-25-24-70-23-22-69-21-17-55)52(66)57-19-34-78-32-8-20-75-54(53(67)68-3)36-44(61)47(59-38(2)60)49(76-54)48(63)45(62)37-58-50(64)41-13-11-40(12-14-41)39-9-6-5-7-10-39/h5-7,9-16,35,44-45,47-49,61-63H,4,8,17-34,36-37,55H2,1-3H3,(H,56,65)(H,57,66)(H,58,64)(H,59,60)/t44-,45+,47+,48+,49+,54+/m0/s1. The minimum Gasteiger partial charge on any atom is -0.490 e. The molecule has 4 rings (SSSR count). The maximum atomic E-state index is 13.5. The number of nitrogens with one attached hydrogen (secondary N) is 4. The molecule has 9 N–H and O–H groups in total. The monoisotopic (exact) mass is 1130 g/mol. The van der Waals surface area contributed by atoms with Gasteiger partial charge >= 0.3 is 5.97 Å². The molecule has 3 aromatic carbocycles. The summed E-state index contributed by atoms with van der Waals surface area (Å²) in [4.78, 5) is 65.0. The van der Waals surface area contributed by atoms with E-state index in [1.54, 1.807) is 48.2 Å². The van der Waals surface area contributed by atoms with Crippen LogP contribution < -0.4 is 31.7 Å². The number of hydrogen-bond donors (Lipinski definition) is 8. The van der Waals surface area contributed by atoms with Crippen molar-refractivity contribution >= 4 is 53.1 Å². The van der Waals surface area contributed by atoms with Gasteiger partial charge in [-0.1, -0.05) is 49.4 Å². The molecular formula is C54H79N5O17S2. The van der Waals surface area contributed by atoms with E-state index in [4.69, 9.17) is 48.4 Å². The summed E-state index contributed by atoms with van der Waals surface area (Å²) < 4.78 is 50.4. The Balaban J connectivity index is 1.23. The van der Waals surface area contributed by atoms with Crippen molar-refractivity contribution in [2.24, 2.45) is 5.73 Å². The molecule has 0 bridgehead atoms. The van der Waals surface area contributed by atoms with Gasteiger partial charge in [0.2, 0.25) is 5.91 Å². The molecule has 1 saturated heterocycles. The fourth-order valence-electron chi connectivity index (χ4n) is 7.74. The number of hydrogen-bond acceptors (Lipinski definition) is 20. The number of esters is 1. The summed E-state index contributed by atoms with van der Waals surface area (Å²) in [6.45, 7) is 8.02. The van der Waals surface area contributed by atoms with Crippen LogP contribution in [0, 0.1) is 0 Å². The van der Waals surface area contributed by atoms with E-state index in [-0.39, 0.29) is 43.6 Å². The lowest BCUT2D eigenvalue weighted by Gasteiger charge is -2.47. The predicted octanol–water partition coefficient (Wildman–Crippen LogP) is 1.80. The van der Waals surface area contributed by atoms with Crippen molar-refractivity contribution in [3.63, 3.8) is 0 Å². The molecule has 0 aliphatic carbocycles. The molecule has 0 spiro atoms. The number of rotatable bonds is 40. The predicted molar refractivity (Wildman–Crippen MR) is 295 cm³/mol. The third kappa shape index (κ3) is 23.4. The zero-order chi connectivity index (χ0) is 56.4. The fourth-order valence-corrected chi connectivity index (χ4v) is 9.05. The number of aliphatic hydroxyl groups is 3. The number of nitrogens with two attached hydrogens (primary N) is 1. The van der Waals surface area contributed by atoms with Gasteiger partial charge < -0.3 is 85.0 Å². The number of aliphatic hydroxyl groups excluding tert-OH is 3. The lowest BCUT2D eigenvalue weighted by atomic mass is 9.88. The van der Waals surface area contributed by atoms with Gasteiger partial charge in [0.05, 0.1) is 104 Å². The highest BCUT2D eigenvalue weighted by molar-refractivity contribution is 7.99. The Kier molecular flexibility index (Phi) is 31.8. The molecule has 1 aliphatic heterocycles. The van der Waals surface area contributed by atoms with Crippen molar-refractivity contribution in [2.45, 2.75) is 62.9 Å². The lowest BCUT2D eigenvalue weighted by Crippen LogP contribution is -2.68. The van der Waals surface area contributed by atoms with Gasteiger partial charge in [-0.2, -0.15) is 23.5 Å². The molecule has 0 unspecified atom stereocenters. The SMILES string of the molecule is CCSCCNC(=O)c1ccc(C(=O)NCCSCCCO[C@]2(C(=O)OC)C[C@H](O)[C@@H](NC(C)=O)[C@H]([C@H](O)[C@H](O)CNC(=O)c3ccc(-c4ccccc4)cc3)O2)c(OCCOCCOCCOCCOCCOCCN)c1. The minimum atomic E-state index is -2.24. The first kappa shape index (κ1) is 65.6. The average molecular weight is 1130 g/mol. The second kappa shape index (κ2) is 37.8. The van der Waals surface area contributed by atoms with Gasteiger partial charge in [-0.05, 0) is 59.4 Å². The van der Waals surface area contributed by atoms with E-state index in [9.17, 15) is 39.3 Å². The Labute approximate surface area is 465 Å². The zero-order valence-electron chi connectivity index (χ0n) is 44.8. The quantitative estimate of drug-likeness (QED) is 0.0297. The summed E-state index contributed by atoms with van der Waals surface area (Å²) in [6.07, 6.45) is -6.78. The van der Waals surface area contributed by atoms with Gasteiger partial charge in [-0.25, -0.2) is 4.79 Å². The first-order valence-electron chi connectivity index (χ1n) is 26.1. The fraction of sp³-hybridized carbons (Fsp3) is 0.574. The highest BCUT2D eigenvalue weighted by atomic mass is 32.2. The van der Waals surface area contributed by atoms with E-state index >= 15 is 0 Å². The molecule has 1 heterocycles. The second-order valence-corrected chi connectivity index (χ2v) is 20.1. The number of thioether (sulfide) groups is 2. The summed E-state index contributed by atoms with van der Waals surface area (Å²) in [5, 5.41) is 44.8. The lowest BCUT2D eigenvalue weighted by molar-refractivity contribution is -0.311. The van der Waals surface area contributed by atoms with Crippen molar-refractivity contribution in [1.29, 1.82) is 0 Å². The Bertz CT molecular complexity index is 2220. The minimum absolute atomic E-state index is 0.0789. The van der Waals surface area contributed by atoms with Crippen LogP contribution in [0.1, 0.15) is 57.8 Å². The molecule has 4 amide bonds. The van der Waals surface area contributed by atoms with Crippen LogP contribution in [0.4, 0.5) is 0 Å². The number of amides is 4. The molecule has 6 atom stereocenters. The van der Waals surface area contributed by atoms with Gasteiger partial charge in [0.25, 0.3) is 23.5 Å². The van der Waals surface area contributed by atoms with Crippen LogP contribution in [-0.2, 0) is 47.5 Å². The van der Waals surface area contributed by atoms with Crippen molar-refractivity contribution < 1.29 is 81.9 Å². The second-order valence-electron chi connectivity index (χ2n) is 17.5. The van der Waals surface area contributed by atoms with Gasteiger partial charge in [0.15, 0.2) is 0 Å². The molecule has 78 heavy (non-hydrogen) atoms. The van der Waals surface area contributed by atoms with Crippen LogP contribution in [0.3, 0.4) is 0 Å². The maximum absolute atomic E-state index is 13.5. The van der Waals surface area contributed by atoms with Gasteiger partial charge in [0.1, 0.15) is 24.6 Å². The van der Waals surface area contributed by atoms with Crippen molar-refractivity contribution in [2.75, 3.05) is 136 Å². The summed E-state index contributed by atoms with van der Waals surface area (Å²) in [7, 11) is 1.10. The summed E-state index contributed by atoms with van der Waals surface area (Å²) in [5.41, 5.74) is 8.11. The first-order chi connectivity index (χ1) is 37.8. The molecule has 1 fully saturated rings. The van der Waals surface area contributed by atoms with Crippen LogP contribution >= 0.6 is 23.5 Å². The number of benzene rings is 3. The Hall–Kier alpha value is -4.93.